The van der Waals surface area contributed by atoms with Crippen molar-refractivity contribution in [3.8, 4) is 0 Å². The van der Waals surface area contributed by atoms with Crippen LogP contribution in [0.25, 0.3) is 0 Å². The first-order valence-corrected chi connectivity index (χ1v) is 4.98. The summed E-state index contributed by atoms with van der Waals surface area (Å²) in [6.45, 7) is 0. The Morgan fingerprint density at radius 3 is 1.18 bits per heavy atom. The molecule has 0 saturated heterocycles. The number of carbonyl (C=O) groups is 2. The molecular weight excluding hydrogens is 223 g/mol. The Morgan fingerprint density at radius 1 is 0.588 bits per heavy atom. The maximum atomic E-state index is 11.8. The van der Waals surface area contributed by atoms with Gasteiger partial charge >= 0.3 is 29.6 Å². The van der Waals surface area contributed by atoms with Crippen molar-refractivity contribution in [3.63, 3.8) is 0 Å². The molecule has 0 aromatic heterocycles. The molecule has 0 N–H and O–H groups in total. The first-order valence-electron chi connectivity index (χ1n) is 4.98. The summed E-state index contributed by atoms with van der Waals surface area (Å²) in [4.78, 5) is 23.6. The molecule has 2 aromatic rings. The molecule has 0 fully saturated rings. The molecule has 0 saturated carbocycles. The zero-order chi connectivity index (χ0) is 11.4. The molecule has 0 spiro atoms. The number of benzene rings is 2. The summed E-state index contributed by atoms with van der Waals surface area (Å²) in [5.74, 6) is -0.932. The molecule has 0 unspecified atom stereocenters. The van der Waals surface area contributed by atoms with Crippen LogP contribution in [0.3, 0.4) is 0 Å². The summed E-state index contributed by atoms with van der Waals surface area (Å²) >= 11 is 0. The van der Waals surface area contributed by atoms with E-state index in [1.165, 1.54) is 0 Å². The number of hydrogen-bond acceptors (Lipinski definition) is 2. The minimum absolute atomic E-state index is 0. The van der Waals surface area contributed by atoms with Gasteiger partial charge in [-0.2, -0.15) is 0 Å². The van der Waals surface area contributed by atoms with Gasteiger partial charge in [0.25, 0.3) is 0 Å². The Kier molecular flexibility index (Phi) is 5.29. The zero-order valence-corrected chi connectivity index (χ0v) is 8.59. The molecule has 2 nitrogen and oxygen atoms in total. The fraction of sp³-hybridized carbons (Fsp3) is 0. The van der Waals surface area contributed by atoms with Crippen LogP contribution in [0.4, 0.5) is 0 Å². The average Bonchev–Trinajstić information content (AvgIpc) is 2.39. The van der Waals surface area contributed by atoms with E-state index in [0.717, 1.165) is 0 Å². The van der Waals surface area contributed by atoms with Gasteiger partial charge in [-0.3, -0.25) is 9.59 Å². The van der Waals surface area contributed by atoms with Gasteiger partial charge in [0.05, 0.1) is 0 Å². The van der Waals surface area contributed by atoms with Gasteiger partial charge in [0.1, 0.15) is 0 Å². The quantitative estimate of drug-likeness (QED) is 0.463. The van der Waals surface area contributed by atoms with Gasteiger partial charge in [-0.15, -0.1) is 0 Å². The molecule has 0 aliphatic rings. The van der Waals surface area contributed by atoms with Crippen LogP contribution >= 0.6 is 0 Å². The predicted octanol–water partition coefficient (Wildman–Crippen LogP) is 2.10. The van der Waals surface area contributed by atoms with Gasteiger partial charge in [-0.25, -0.2) is 0 Å². The number of ketones is 2. The fourth-order valence-electron chi connectivity index (χ4n) is 1.44. The number of carbonyl (C=O) groups excluding carboxylic acids is 2. The third-order valence-corrected chi connectivity index (χ3v) is 2.28. The monoisotopic (exact) mass is 234 g/mol. The molecule has 2 rings (SSSR count). The molecule has 0 heterocycles. The minimum atomic E-state index is -0.466. The first kappa shape index (κ1) is 13.8. The average molecular weight is 234 g/mol. The molecule has 0 aliphatic carbocycles. The van der Waals surface area contributed by atoms with E-state index in [1.807, 2.05) is 12.1 Å². The van der Waals surface area contributed by atoms with Gasteiger partial charge in [0.2, 0.25) is 11.6 Å². The van der Waals surface area contributed by atoms with E-state index in [0.29, 0.717) is 11.1 Å². The van der Waals surface area contributed by atoms with Gasteiger partial charge in [-0.05, 0) is 0 Å². The van der Waals surface area contributed by atoms with E-state index in [2.05, 4.69) is 0 Å². The topological polar surface area (TPSA) is 34.1 Å². The third-order valence-electron chi connectivity index (χ3n) is 2.28. The Hall–Kier alpha value is -1.22. The molecule has 80 valence electrons. The van der Waals surface area contributed by atoms with Crippen molar-refractivity contribution in [2.45, 2.75) is 0 Å². The Morgan fingerprint density at radius 2 is 0.882 bits per heavy atom. The van der Waals surface area contributed by atoms with E-state index in [4.69, 9.17) is 0 Å². The van der Waals surface area contributed by atoms with Crippen LogP contribution in [-0.4, -0.2) is 41.1 Å². The molecule has 0 atom stereocenters. The first-order chi connectivity index (χ1) is 7.79. The van der Waals surface area contributed by atoms with E-state index < -0.39 is 11.6 Å². The van der Waals surface area contributed by atoms with Crippen LogP contribution in [-0.2, 0) is 0 Å². The van der Waals surface area contributed by atoms with Crippen LogP contribution in [0, 0.1) is 0 Å². The van der Waals surface area contributed by atoms with Crippen LogP contribution in [0.2, 0.25) is 0 Å². The van der Waals surface area contributed by atoms with Crippen molar-refractivity contribution in [2.75, 3.05) is 0 Å². The van der Waals surface area contributed by atoms with Crippen molar-refractivity contribution in [1.29, 1.82) is 0 Å². The summed E-state index contributed by atoms with van der Waals surface area (Å²) < 4.78 is 0. The van der Waals surface area contributed by atoms with Gasteiger partial charge < -0.3 is 0 Å². The molecule has 0 bridgehead atoms. The van der Waals surface area contributed by atoms with E-state index in [-0.39, 0.29) is 29.6 Å². The number of Topliss-reactive ketones (excluding diaryl/α,β-unsaturated/α-hetero) is 2. The number of hydrogen-bond donors (Lipinski definition) is 0. The van der Waals surface area contributed by atoms with Gasteiger partial charge in [-0.1, -0.05) is 60.7 Å². The fourth-order valence-corrected chi connectivity index (χ4v) is 1.44. The zero-order valence-electron chi connectivity index (χ0n) is 8.59. The maximum absolute atomic E-state index is 11.8. The van der Waals surface area contributed by atoms with E-state index >= 15 is 0 Å². The van der Waals surface area contributed by atoms with Crippen molar-refractivity contribution < 1.29 is 9.59 Å². The van der Waals surface area contributed by atoms with Crippen molar-refractivity contribution in [3.05, 3.63) is 71.8 Å². The summed E-state index contributed by atoms with van der Waals surface area (Å²) in [7, 11) is 0. The standard InChI is InChI=1S/C14H10O2.Na.H/c15-13(11-7-3-1-4-8-11)14(16)12-9-5-2-6-10-12;;/h1-10H;;. The number of rotatable bonds is 3. The molecule has 0 radical (unpaired) electrons. The molecular formula is C14H11NaO2. The van der Waals surface area contributed by atoms with Crippen molar-refractivity contribution in [1.82, 2.24) is 0 Å². The summed E-state index contributed by atoms with van der Waals surface area (Å²) in [6.07, 6.45) is 0. The van der Waals surface area contributed by atoms with E-state index in [9.17, 15) is 9.59 Å². The van der Waals surface area contributed by atoms with Crippen LogP contribution < -0.4 is 0 Å². The molecule has 0 amide bonds. The normalized spacial score (nSPS) is 9.18. The second kappa shape index (κ2) is 6.50. The summed E-state index contributed by atoms with van der Waals surface area (Å²) in [5, 5.41) is 0. The van der Waals surface area contributed by atoms with E-state index in [1.54, 1.807) is 48.5 Å². The second-order valence-electron chi connectivity index (χ2n) is 3.39. The van der Waals surface area contributed by atoms with Gasteiger partial charge in [0.15, 0.2) is 0 Å². The second-order valence-corrected chi connectivity index (χ2v) is 3.39. The third kappa shape index (κ3) is 3.37. The van der Waals surface area contributed by atoms with Gasteiger partial charge in [0, 0.05) is 11.1 Å². The van der Waals surface area contributed by atoms with Crippen LogP contribution in [0.5, 0.6) is 0 Å². The van der Waals surface area contributed by atoms with Crippen molar-refractivity contribution in [2.24, 2.45) is 0 Å². The van der Waals surface area contributed by atoms with Crippen LogP contribution in [0.15, 0.2) is 60.7 Å². The summed E-state index contributed by atoms with van der Waals surface area (Å²) in [5.41, 5.74) is 0.854. The molecule has 17 heavy (non-hydrogen) atoms. The van der Waals surface area contributed by atoms with Crippen LogP contribution in [0.1, 0.15) is 20.7 Å². The molecule has 3 heteroatoms. The SMILES string of the molecule is O=C(C(=O)c1ccccc1)c1ccccc1.[NaH]. The summed E-state index contributed by atoms with van der Waals surface area (Å²) in [6, 6.07) is 17.2. The Bertz CT molecular complexity index is 457. The predicted molar refractivity (Wildman–Crippen MR) is 68.7 cm³/mol. The Labute approximate surface area is 122 Å². The molecule has 2 aromatic carbocycles. The van der Waals surface area contributed by atoms with Crippen molar-refractivity contribution >= 4 is 41.1 Å². The Balaban J connectivity index is 0.00000144. The molecule has 0 aliphatic heterocycles.